The van der Waals surface area contributed by atoms with E-state index in [0.717, 1.165) is 37.9 Å². The molecule has 0 saturated heterocycles. The quantitative estimate of drug-likeness (QED) is 0.413. The fourth-order valence-corrected chi connectivity index (χ4v) is 4.15. The van der Waals surface area contributed by atoms with Gasteiger partial charge in [-0.2, -0.15) is 8.81 Å². The molecule has 3 N–H and O–H groups in total. The number of aromatic nitrogens is 4. The zero-order chi connectivity index (χ0) is 23.4. The minimum Gasteiger partial charge on any atom is -0.363 e. The number of benzene rings is 1. The van der Waals surface area contributed by atoms with Gasteiger partial charge in [0.1, 0.15) is 10.7 Å². The second kappa shape index (κ2) is 10.0. The van der Waals surface area contributed by atoms with E-state index in [1.807, 2.05) is 6.07 Å². The lowest BCUT2D eigenvalue weighted by Crippen LogP contribution is -2.22. The molecule has 0 spiro atoms. The van der Waals surface area contributed by atoms with Crippen LogP contribution in [0.3, 0.4) is 0 Å². The van der Waals surface area contributed by atoms with E-state index < -0.39 is 10.0 Å². The molecule has 4 rings (SSSR count). The summed E-state index contributed by atoms with van der Waals surface area (Å²) in [5.74, 6) is 0.713. The Bertz CT molecular complexity index is 1260. The molecule has 3 aromatic rings. The van der Waals surface area contributed by atoms with Gasteiger partial charge in [-0.25, -0.2) is 18.4 Å². The molecule has 10 nitrogen and oxygen atoms in total. The molecule has 0 atom stereocenters. The van der Waals surface area contributed by atoms with E-state index in [0.29, 0.717) is 26.3 Å². The third kappa shape index (κ3) is 5.80. The molecule has 0 saturated carbocycles. The maximum absolute atomic E-state index is 11.8. The monoisotopic (exact) mass is 508 g/mol. The molecule has 33 heavy (non-hydrogen) atoms. The van der Waals surface area contributed by atoms with Crippen molar-refractivity contribution in [3.63, 3.8) is 0 Å². The van der Waals surface area contributed by atoms with Crippen LogP contribution < -0.4 is 19.8 Å². The summed E-state index contributed by atoms with van der Waals surface area (Å²) in [6, 6.07) is 6.23. The lowest BCUT2D eigenvalue weighted by Gasteiger charge is -2.16. The average Bonchev–Trinajstić information content (AvgIpc) is 3.03. The van der Waals surface area contributed by atoms with Crippen molar-refractivity contribution in [2.45, 2.75) is 19.4 Å². The summed E-state index contributed by atoms with van der Waals surface area (Å²) < 4.78 is 24.1. The first-order valence-corrected chi connectivity index (χ1v) is 12.7. The SMILES string of the molecule is CS(=O)(=O)N(Cl)c1nccnc1CNc1nc(Nc2ccc3c(c2)CCNCC3)ncc1Cl. The van der Waals surface area contributed by atoms with E-state index in [2.05, 4.69) is 48.0 Å². The zero-order valence-corrected chi connectivity index (χ0v) is 20.0. The van der Waals surface area contributed by atoms with Gasteiger partial charge in [-0.05, 0) is 49.2 Å². The highest BCUT2D eigenvalue weighted by molar-refractivity contribution is 7.93. The molecule has 0 radical (unpaired) electrons. The maximum Gasteiger partial charge on any atom is 0.247 e. The Morgan fingerprint density at radius 1 is 1.12 bits per heavy atom. The summed E-state index contributed by atoms with van der Waals surface area (Å²) in [5, 5.41) is 9.96. The lowest BCUT2D eigenvalue weighted by atomic mass is 10.0. The van der Waals surface area contributed by atoms with Crippen LogP contribution in [0.2, 0.25) is 5.02 Å². The van der Waals surface area contributed by atoms with Crippen LogP contribution in [0.25, 0.3) is 0 Å². The third-order valence-electron chi connectivity index (χ3n) is 4.98. The van der Waals surface area contributed by atoms with Crippen LogP contribution in [0.4, 0.5) is 23.3 Å². The van der Waals surface area contributed by atoms with Crippen LogP contribution in [0, 0.1) is 0 Å². The van der Waals surface area contributed by atoms with Gasteiger partial charge < -0.3 is 16.0 Å². The molecule has 0 unspecified atom stereocenters. The fraction of sp³-hybridized carbons (Fsp3) is 0.300. The Hall–Kier alpha value is -2.73. The number of sulfonamides is 1. The number of halogens is 2. The fourth-order valence-electron chi connectivity index (χ4n) is 3.39. The molecule has 1 aliphatic heterocycles. The Kier molecular flexibility index (Phi) is 7.13. The van der Waals surface area contributed by atoms with E-state index in [4.69, 9.17) is 23.4 Å². The van der Waals surface area contributed by atoms with Crippen molar-refractivity contribution in [3.05, 3.63) is 58.6 Å². The molecule has 1 aromatic carbocycles. The van der Waals surface area contributed by atoms with Gasteiger partial charge in [0.05, 0.1) is 19.0 Å². The maximum atomic E-state index is 11.8. The van der Waals surface area contributed by atoms with Crippen molar-refractivity contribution in [2.24, 2.45) is 0 Å². The summed E-state index contributed by atoms with van der Waals surface area (Å²) in [6.07, 6.45) is 7.22. The van der Waals surface area contributed by atoms with Gasteiger partial charge in [-0.1, -0.05) is 17.7 Å². The number of nitrogens with zero attached hydrogens (tertiary/aromatic N) is 5. The molecule has 3 heterocycles. The zero-order valence-electron chi connectivity index (χ0n) is 17.7. The second-order valence-corrected chi connectivity index (χ2v) is 10.2. The van der Waals surface area contributed by atoms with Crippen LogP contribution in [-0.2, 0) is 29.4 Å². The van der Waals surface area contributed by atoms with Crippen molar-refractivity contribution in [1.29, 1.82) is 0 Å². The highest BCUT2D eigenvalue weighted by atomic mass is 35.5. The van der Waals surface area contributed by atoms with Crippen molar-refractivity contribution in [3.8, 4) is 0 Å². The van der Waals surface area contributed by atoms with Gasteiger partial charge in [0.25, 0.3) is 0 Å². The van der Waals surface area contributed by atoms with Crippen molar-refractivity contribution >= 4 is 56.7 Å². The summed E-state index contributed by atoms with van der Waals surface area (Å²) >= 11 is 12.2. The first-order chi connectivity index (χ1) is 15.8. The van der Waals surface area contributed by atoms with Gasteiger partial charge in [0, 0.05) is 29.9 Å². The molecule has 0 amide bonds. The minimum atomic E-state index is -3.72. The average molecular weight is 509 g/mol. The summed E-state index contributed by atoms with van der Waals surface area (Å²) in [5.41, 5.74) is 3.82. The molecule has 0 aliphatic carbocycles. The van der Waals surface area contributed by atoms with Crippen LogP contribution in [0.5, 0.6) is 0 Å². The molecule has 174 valence electrons. The van der Waals surface area contributed by atoms with Crippen molar-refractivity contribution < 1.29 is 8.42 Å². The molecular formula is C20H22Cl2N8O2S. The van der Waals surface area contributed by atoms with E-state index in [-0.39, 0.29) is 12.4 Å². The summed E-state index contributed by atoms with van der Waals surface area (Å²) in [6.45, 7) is 2.02. The molecule has 0 fully saturated rings. The number of nitrogens with one attached hydrogen (secondary N) is 3. The Labute approximate surface area is 201 Å². The molecule has 0 bridgehead atoms. The first kappa shape index (κ1) is 23.4. The molecular weight excluding hydrogens is 487 g/mol. The topological polar surface area (TPSA) is 125 Å². The number of hydrogen-bond donors (Lipinski definition) is 3. The largest absolute Gasteiger partial charge is 0.363 e. The highest BCUT2D eigenvalue weighted by Crippen LogP contribution is 2.26. The Morgan fingerprint density at radius 2 is 1.88 bits per heavy atom. The number of fused-ring (bicyclic) bond motifs is 1. The predicted octanol–water partition coefficient (Wildman–Crippen LogP) is 2.88. The highest BCUT2D eigenvalue weighted by Gasteiger charge is 2.21. The van der Waals surface area contributed by atoms with Crippen LogP contribution in [-0.4, -0.2) is 47.7 Å². The van der Waals surface area contributed by atoms with E-state index >= 15 is 0 Å². The molecule has 2 aromatic heterocycles. The van der Waals surface area contributed by atoms with Gasteiger partial charge in [0.2, 0.25) is 16.0 Å². The minimum absolute atomic E-state index is 0.00263. The van der Waals surface area contributed by atoms with E-state index in [1.54, 1.807) is 0 Å². The Morgan fingerprint density at radius 3 is 2.67 bits per heavy atom. The molecule has 13 heteroatoms. The summed E-state index contributed by atoms with van der Waals surface area (Å²) in [7, 11) is -3.72. The predicted molar refractivity (Wildman–Crippen MR) is 130 cm³/mol. The number of anilines is 4. The lowest BCUT2D eigenvalue weighted by molar-refractivity contribution is 0.603. The number of rotatable bonds is 7. The third-order valence-corrected chi connectivity index (χ3v) is 6.93. The van der Waals surface area contributed by atoms with Crippen LogP contribution in [0.1, 0.15) is 16.8 Å². The Balaban J connectivity index is 1.51. The summed E-state index contributed by atoms with van der Waals surface area (Å²) in [4.78, 5) is 16.9. The first-order valence-electron chi connectivity index (χ1n) is 10.1. The van der Waals surface area contributed by atoms with Crippen molar-refractivity contribution in [2.75, 3.05) is 33.8 Å². The van der Waals surface area contributed by atoms with Gasteiger partial charge in [-0.3, -0.25) is 4.98 Å². The normalized spacial score (nSPS) is 13.7. The van der Waals surface area contributed by atoms with Crippen LogP contribution in [0.15, 0.2) is 36.8 Å². The molecule has 1 aliphatic rings. The van der Waals surface area contributed by atoms with Gasteiger partial charge >= 0.3 is 0 Å². The smallest absolute Gasteiger partial charge is 0.247 e. The van der Waals surface area contributed by atoms with E-state index in [1.165, 1.54) is 29.7 Å². The van der Waals surface area contributed by atoms with E-state index in [9.17, 15) is 8.42 Å². The van der Waals surface area contributed by atoms with Crippen molar-refractivity contribution in [1.82, 2.24) is 25.3 Å². The standard InChI is InChI=1S/C20H22Cl2N8O2S/c1-33(31,32)30(22)19-17(24-8-9-25-19)12-26-18-16(21)11-27-20(29-18)28-15-3-2-13-4-6-23-7-5-14(13)10-15/h2-3,8-11,23H,4-7,12H2,1H3,(H2,26,27,28,29). The van der Waals surface area contributed by atoms with Gasteiger partial charge in [0.15, 0.2) is 11.6 Å². The van der Waals surface area contributed by atoms with Gasteiger partial charge in [-0.15, -0.1) is 0 Å². The second-order valence-electron chi connectivity index (χ2n) is 7.41. The number of hydrogen-bond acceptors (Lipinski definition) is 9. The van der Waals surface area contributed by atoms with Crippen LogP contribution >= 0.6 is 23.4 Å².